The van der Waals surface area contributed by atoms with Crippen molar-refractivity contribution >= 4 is 11.9 Å². The maximum Gasteiger partial charge on any atom is 0.197 e. The zero-order valence-electron chi connectivity index (χ0n) is 8.85. The molecule has 0 unspecified atom stereocenters. The molecule has 0 bridgehead atoms. The number of nitrogens with two attached hydrogens (primary N) is 1. The molecule has 0 spiro atoms. The summed E-state index contributed by atoms with van der Waals surface area (Å²) in [6, 6.07) is 0. The molecule has 0 aromatic heterocycles. The molecule has 1 heterocycles. The van der Waals surface area contributed by atoms with E-state index in [0.717, 1.165) is 25.9 Å². The molecule has 0 aliphatic carbocycles. The van der Waals surface area contributed by atoms with Crippen LogP contribution in [-0.4, -0.2) is 29.9 Å². The Bertz CT molecular complexity index is 236. The van der Waals surface area contributed by atoms with Gasteiger partial charge in [0.05, 0.1) is 0 Å². The number of hydrogen-bond donors (Lipinski definition) is 4. The van der Waals surface area contributed by atoms with Gasteiger partial charge in [0.2, 0.25) is 0 Å². The molecule has 1 fully saturated rings. The Labute approximate surface area is 84.7 Å². The second kappa shape index (κ2) is 3.86. The van der Waals surface area contributed by atoms with Crippen molar-refractivity contribution in [3.8, 4) is 0 Å². The fraction of sp³-hybridized carbons (Fsp3) is 0.778. The highest BCUT2D eigenvalue weighted by atomic mass is 15.3. The van der Waals surface area contributed by atoms with Gasteiger partial charge in [-0.2, -0.15) is 0 Å². The van der Waals surface area contributed by atoms with Gasteiger partial charge in [0.15, 0.2) is 11.9 Å². The molecule has 5 N–H and O–H groups in total. The summed E-state index contributed by atoms with van der Waals surface area (Å²) in [5.41, 5.74) is 5.54. The number of nitrogens with zero attached hydrogens (tertiary/aromatic N) is 1. The van der Waals surface area contributed by atoms with Gasteiger partial charge in [-0.05, 0) is 18.3 Å². The van der Waals surface area contributed by atoms with Crippen molar-refractivity contribution in [2.75, 3.05) is 13.1 Å². The molecule has 5 nitrogen and oxygen atoms in total. The van der Waals surface area contributed by atoms with Gasteiger partial charge in [-0.1, -0.05) is 13.8 Å². The Balaban J connectivity index is 2.42. The molecule has 1 rings (SSSR count). The van der Waals surface area contributed by atoms with E-state index in [2.05, 4.69) is 19.2 Å². The third-order valence-electron chi connectivity index (χ3n) is 2.69. The van der Waals surface area contributed by atoms with Crippen molar-refractivity contribution in [3.63, 3.8) is 0 Å². The molecule has 0 aromatic carbocycles. The van der Waals surface area contributed by atoms with Gasteiger partial charge < -0.3 is 10.6 Å². The van der Waals surface area contributed by atoms with E-state index in [9.17, 15) is 0 Å². The van der Waals surface area contributed by atoms with Crippen LogP contribution in [0.25, 0.3) is 0 Å². The summed E-state index contributed by atoms with van der Waals surface area (Å²) in [6.45, 7) is 6.22. The van der Waals surface area contributed by atoms with Crippen molar-refractivity contribution in [1.82, 2.24) is 10.2 Å². The summed E-state index contributed by atoms with van der Waals surface area (Å²) in [7, 11) is 0. The zero-order valence-corrected chi connectivity index (χ0v) is 8.85. The van der Waals surface area contributed by atoms with Crippen LogP contribution in [-0.2, 0) is 0 Å². The van der Waals surface area contributed by atoms with Crippen LogP contribution in [0.3, 0.4) is 0 Å². The van der Waals surface area contributed by atoms with Crippen LogP contribution in [0, 0.1) is 16.2 Å². The third kappa shape index (κ3) is 2.90. The van der Waals surface area contributed by atoms with Gasteiger partial charge in [0.1, 0.15) is 0 Å². The normalized spacial score (nSPS) is 20.3. The summed E-state index contributed by atoms with van der Waals surface area (Å²) in [5.74, 6) is 0.0767. The number of hydrogen-bond acceptors (Lipinski definition) is 2. The highest BCUT2D eigenvalue weighted by Crippen LogP contribution is 2.29. The molecule has 0 aromatic rings. The van der Waals surface area contributed by atoms with Gasteiger partial charge >= 0.3 is 0 Å². The van der Waals surface area contributed by atoms with E-state index in [-0.39, 0.29) is 11.9 Å². The maximum absolute atomic E-state index is 7.64. The van der Waals surface area contributed by atoms with Gasteiger partial charge in [0, 0.05) is 13.1 Å². The van der Waals surface area contributed by atoms with Crippen LogP contribution in [0.1, 0.15) is 26.7 Å². The lowest BCUT2D eigenvalue weighted by molar-refractivity contribution is 0.186. The third-order valence-corrected chi connectivity index (χ3v) is 2.69. The van der Waals surface area contributed by atoms with Crippen LogP contribution in [0.15, 0.2) is 0 Å². The number of likely N-dealkylation sites (tertiary alicyclic amines) is 1. The van der Waals surface area contributed by atoms with E-state index < -0.39 is 0 Å². The van der Waals surface area contributed by atoms with Gasteiger partial charge in [0.25, 0.3) is 0 Å². The Morgan fingerprint density at radius 3 is 2.21 bits per heavy atom. The minimum absolute atomic E-state index is 0.167. The van der Waals surface area contributed by atoms with E-state index in [1.165, 1.54) is 0 Å². The molecule has 5 heteroatoms. The molecular weight excluding hydrogens is 178 g/mol. The average molecular weight is 197 g/mol. The SMILES string of the molecule is CC1(C)CCN(C(=N)NC(=N)N)CC1. The lowest BCUT2D eigenvalue weighted by Crippen LogP contribution is -2.49. The van der Waals surface area contributed by atoms with Crippen LogP contribution in [0.4, 0.5) is 0 Å². The smallest absolute Gasteiger partial charge is 0.197 e. The lowest BCUT2D eigenvalue weighted by Gasteiger charge is -2.37. The summed E-state index contributed by atoms with van der Waals surface area (Å²) < 4.78 is 0. The van der Waals surface area contributed by atoms with Gasteiger partial charge in [-0.25, -0.2) is 0 Å². The number of rotatable bonds is 0. The molecule has 14 heavy (non-hydrogen) atoms. The first-order valence-corrected chi connectivity index (χ1v) is 4.85. The number of guanidine groups is 2. The Morgan fingerprint density at radius 2 is 1.79 bits per heavy atom. The molecule has 1 saturated heterocycles. The van der Waals surface area contributed by atoms with Crippen LogP contribution in [0.2, 0.25) is 0 Å². The Kier molecular flexibility index (Phi) is 2.98. The highest BCUT2D eigenvalue weighted by molar-refractivity contribution is 5.94. The predicted octanol–water partition coefficient (Wildman–Crippen LogP) is 0.526. The lowest BCUT2D eigenvalue weighted by atomic mass is 9.83. The van der Waals surface area contributed by atoms with Crippen LogP contribution < -0.4 is 11.1 Å². The van der Waals surface area contributed by atoms with Crippen molar-refractivity contribution in [2.45, 2.75) is 26.7 Å². The maximum atomic E-state index is 7.64. The fourth-order valence-corrected chi connectivity index (χ4v) is 1.54. The molecule has 0 saturated carbocycles. The van der Waals surface area contributed by atoms with Gasteiger partial charge in [-0.15, -0.1) is 0 Å². The first-order chi connectivity index (χ1) is 6.41. The van der Waals surface area contributed by atoms with Crippen molar-refractivity contribution < 1.29 is 0 Å². The first kappa shape index (κ1) is 10.8. The van der Waals surface area contributed by atoms with Gasteiger partial charge in [-0.3, -0.25) is 16.1 Å². The van der Waals surface area contributed by atoms with Crippen molar-refractivity contribution in [1.29, 1.82) is 10.8 Å². The van der Waals surface area contributed by atoms with Crippen LogP contribution >= 0.6 is 0 Å². The largest absolute Gasteiger partial charge is 0.370 e. The second-order valence-electron chi connectivity index (χ2n) is 4.54. The topological polar surface area (TPSA) is 89.0 Å². The van der Waals surface area contributed by atoms with E-state index in [4.69, 9.17) is 16.6 Å². The van der Waals surface area contributed by atoms with E-state index in [1.807, 2.05) is 4.90 Å². The molecule has 1 aliphatic heterocycles. The zero-order chi connectivity index (χ0) is 10.8. The number of nitrogens with one attached hydrogen (secondary N) is 3. The molecule has 0 radical (unpaired) electrons. The first-order valence-electron chi connectivity index (χ1n) is 4.85. The highest BCUT2D eigenvalue weighted by Gasteiger charge is 2.26. The van der Waals surface area contributed by atoms with E-state index in [0.29, 0.717) is 5.41 Å². The quantitative estimate of drug-likeness (QED) is 0.337. The Morgan fingerprint density at radius 1 is 1.29 bits per heavy atom. The number of piperidine rings is 1. The minimum atomic E-state index is -0.167. The second-order valence-corrected chi connectivity index (χ2v) is 4.54. The van der Waals surface area contributed by atoms with E-state index >= 15 is 0 Å². The average Bonchev–Trinajstić information content (AvgIpc) is 2.02. The summed E-state index contributed by atoms with van der Waals surface area (Å²) in [5, 5.41) is 17.2. The predicted molar refractivity (Wildman–Crippen MR) is 57.4 cm³/mol. The minimum Gasteiger partial charge on any atom is -0.370 e. The molecule has 80 valence electrons. The summed E-state index contributed by atoms with van der Waals surface area (Å²) >= 11 is 0. The molecule has 1 aliphatic rings. The summed E-state index contributed by atoms with van der Waals surface area (Å²) in [6.07, 6.45) is 2.16. The molecule has 0 atom stereocenters. The van der Waals surface area contributed by atoms with Crippen LogP contribution in [0.5, 0.6) is 0 Å². The fourth-order valence-electron chi connectivity index (χ4n) is 1.54. The summed E-state index contributed by atoms with van der Waals surface area (Å²) in [4.78, 5) is 1.92. The molecular formula is C9H19N5. The van der Waals surface area contributed by atoms with E-state index in [1.54, 1.807) is 0 Å². The monoisotopic (exact) mass is 197 g/mol. The Hall–Kier alpha value is -1.26. The van der Waals surface area contributed by atoms with Crippen molar-refractivity contribution in [2.24, 2.45) is 11.1 Å². The molecule has 0 amide bonds. The van der Waals surface area contributed by atoms with Crippen molar-refractivity contribution in [3.05, 3.63) is 0 Å². The standard InChI is InChI=1S/C9H19N5/c1-9(2)3-5-14(6-4-9)8(12)13-7(10)11/h3-6H2,1-2H3,(H5,10,11,12,13).